The zero-order valence-electron chi connectivity index (χ0n) is 13.1. The molecule has 0 radical (unpaired) electrons. The van der Waals surface area contributed by atoms with Gasteiger partial charge in [0.1, 0.15) is 30.1 Å². The van der Waals surface area contributed by atoms with Crippen molar-refractivity contribution >= 4 is 6.21 Å². The summed E-state index contributed by atoms with van der Waals surface area (Å²) >= 11 is 0. The highest BCUT2D eigenvalue weighted by Gasteiger charge is 2.31. The minimum atomic E-state index is 0.0643. The van der Waals surface area contributed by atoms with Crippen molar-refractivity contribution in [3.8, 4) is 11.5 Å². The molecule has 0 aliphatic carbocycles. The van der Waals surface area contributed by atoms with Crippen LogP contribution < -0.4 is 9.64 Å². The van der Waals surface area contributed by atoms with Crippen molar-refractivity contribution in [1.29, 1.82) is 0 Å². The highest BCUT2D eigenvalue weighted by Crippen LogP contribution is 2.21. The summed E-state index contributed by atoms with van der Waals surface area (Å²) in [7, 11) is 1.61. The van der Waals surface area contributed by atoms with E-state index in [0.29, 0.717) is 17.9 Å². The predicted molar refractivity (Wildman–Crippen MR) is 82.7 cm³/mol. The lowest BCUT2D eigenvalue weighted by molar-refractivity contribution is -0.953. The number of aromatic hydroxyl groups is 1. The molecule has 0 aromatic heterocycles. The third kappa shape index (κ3) is 4.19. The van der Waals surface area contributed by atoms with Crippen LogP contribution in [0, 0.1) is 0 Å². The third-order valence-electron chi connectivity index (χ3n) is 4.01. The Kier molecular flexibility index (Phi) is 5.20. The Morgan fingerprint density at radius 1 is 1.38 bits per heavy atom. The van der Waals surface area contributed by atoms with Gasteiger partial charge in [-0.3, -0.25) is 4.99 Å². The normalized spacial score (nSPS) is 17.3. The van der Waals surface area contributed by atoms with Gasteiger partial charge in [-0.05, 0) is 32.0 Å². The molecule has 1 aliphatic heterocycles. The number of nitrogens with zero attached hydrogens (tertiary/aromatic N) is 1. The average Bonchev–Trinajstić information content (AvgIpc) is 2.50. The van der Waals surface area contributed by atoms with Gasteiger partial charge >= 0.3 is 0 Å². The van der Waals surface area contributed by atoms with Crippen LogP contribution in [0.2, 0.25) is 0 Å². The van der Waals surface area contributed by atoms with Crippen LogP contribution in [0.5, 0.6) is 11.5 Å². The number of aliphatic imine (C=N–C) groups is 1. The summed E-state index contributed by atoms with van der Waals surface area (Å²) in [5.41, 5.74) is 0.747. The molecule has 0 saturated carbocycles. The average molecular weight is 293 g/mol. The maximum atomic E-state index is 9.84. The van der Waals surface area contributed by atoms with E-state index in [0.717, 1.165) is 26.3 Å². The highest BCUT2D eigenvalue weighted by atomic mass is 16.5. The number of morpholine rings is 1. The van der Waals surface area contributed by atoms with E-state index < -0.39 is 0 Å². The first-order chi connectivity index (χ1) is 10.0. The second-order valence-electron chi connectivity index (χ2n) is 5.99. The zero-order chi connectivity index (χ0) is 15.3. The first-order valence-corrected chi connectivity index (χ1v) is 7.33. The molecule has 2 N–H and O–H groups in total. The lowest BCUT2D eigenvalue weighted by atomic mass is 10.0. The first kappa shape index (κ1) is 15.8. The Balaban J connectivity index is 2.00. The fraction of sp³-hybridized carbons (Fsp3) is 0.562. The van der Waals surface area contributed by atoms with Crippen LogP contribution in [0.25, 0.3) is 0 Å². The molecule has 5 nitrogen and oxygen atoms in total. The maximum Gasteiger partial charge on any atom is 0.124 e. The Labute approximate surface area is 126 Å². The number of quaternary nitrogens is 1. The van der Waals surface area contributed by atoms with E-state index in [1.54, 1.807) is 31.5 Å². The van der Waals surface area contributed by atoms with Gasteiger partial charge < -0.3 is 19.5 Å². The highest BCUT2D eigenvalue weighted by molar-refractivity contribution is 5.84. The molecule has 0 unspecified atom stereocenters. The topological polar surface area (TPSA) is 55.5 Å². The SMILES string of the molecule is COc1ccc(O)c(C=NCC(C)(C)[NH+]2CCOCC2)c1. The monoisotopic (exact) mass is 293 g/mol. The van der Waals surface area contributed by atoms with Gasteiger partial charge in [0, 0.05) is 11.8 Å². The second kappa shape index (κ2) is 6.91. The molecule has 0 amide bonds. The lowest BCUT2D eigenvalue weighted by Crippen LogP contribution is -3.21. The molecular weight excluding hydrogens is 268 g/mol. The van der Waals surface area contributed by atoms with Crippen molar-refractivity contribution < 1.29 is 19.5 Å². The summed E-state index contributed by atoms with van der Waals surface area (Å²) in [6, 6.07) is 5.14. The van der Waals surface area contributed by atoms with Crippen LogP contribution in [0.4, 0.5) is 0 Å². The standard InChI is InChI=1S/C16H24N2O3/c1-16(2,18-6-8-21-9-7-18)12-17-11-13-10-14(20-3)4-5-15(13)19/h4-5,10-11,19H,6-9,12H2,1-3H3/p+1. The van der Waals surface area contributed by atoms with E-state index in [1.165, 1.54) is 4.90 Å². The molecule has 21 heavy (non-hydrogen) atoms. The number of phenols is 1. The number of phenolic OH excluding ortho intramolecular Hbond substituents is 1. The molecule has 0 atom stereocenters. The number of ether oxygens (including phenoxy) is 2. The van der Waals surface area contributed by atoms with Gasteiger partial charge in [-0.1, -0.05) is 0 Å². The molecule has 5 heteroatoms. The second-order valence-corrected chi connectivity index (χ2v) is 5.99. The first-order valence-electron chi connectivity index (χ1n) is 7.33. The van der Waals surface area contributed by atoms with Crippen LogP contribution >= 0.6 is 0 Å². The Bertz CT molecular complexity index is 494. The van der Waals surface area contributed by atoms with Gasteiger partial charge in [0.25, 0.3) is 0 Å². The van der Waals surface area contributed by atoms with Crippen molar-refractivity contribution in [2.75, 3.05) is 40.0 Å². The van der Waals surface area contributed by atoms with Gasteiger partial charge in [-0.25, -0.2) is 0 Å². The van der Waals surface area contributed by atoms with Crippen molar-refractivity contribution in [2.24, 2.45) is 4.99 Å². The lowest BCUT2D eigenvalue weighted by Gasteiger charge is -2.36. The van der Waals surface area contributed by atoms with E-state index in [2.05, 4.69) is 18.8 Å². The van der Waals surface area contributed by atoms with Gasteiger partial charge in [0.2, 0.25) is 0 Å². The Hall–Kier alpha value is -1.59. The number of benzene rings is 1. The van der Waals surface area contributed by atoms with Crippen molar-refractivity contribution in [3.05, 3.63) is 23.8 Å². The van der Waals surface area contributed by atoms with E-state index in [4.69, 9.17) is 9.47 Å². The predicted octanol–water partition coefficient (Wildman–Crippen LogP) is 0.513. The van der Waals surface area contributed by atoms with E-state index in [1.807, 2.05) is 0 Å². The molecule has 116 valence electrons. The maximum absolute atomic E-state index is 9.84. The van der Waals surface area contributed by atoms with Crippen molar-refractivity contribution in [2.45, 2.75) is 19.4 Å². The molecule has 1 saturated heterocycles. The smallest absolute Gasteiger partial charge is 0.124 e. The molecule has 1 aromatic rings. The van der Waals surface area contributed by atoms with Crippen LogP contribution in [-0.4, -0.2) is 56.8 Å². The molecule has 0 bridgehead atoms. The number of methoxy groups -OCH3 is 1. The van der Waals surface area contributed by atoms with Crippen LogP contribution in [0.15, 0.2) is 23.2 Å². The van der Waals surface area contributed by atoms with Crippen LogP contribution in [0.3, 0.4) is 0 Å². The van der Waals surface area contributed by atoms with E-state index in [9.17, 15) is 5.11 Å². The third-order valence-corrected chi connectivity index (χ3v) is 4.01. The summed E-state index contributed by atoms with van der Waals surface area (Å²) in [5, 5.41) is 9.84. The molecule has 1 fully saturated rings. The minimum Gasteiger partial charge on any atom is -0.507 e. The quantitative estimate of drug-likeness (QED) is 0.778. The molecule has 1 heterocycles. The van der Waals surface area contributed by atoms with Gasteiger partial charge in [0.05, 0.1) is 26.9 Å². The molecule has 1 aliphatic rings. The molecule has 1 aromatic carbocycles. The van der Waals surface area contributed by atoms with Crippen molar-refractivity contribution in [3.63, 3.8) is 0 Å². The Morgan fingerprint density at radius 3 is 2.76 bits per heavy atom. The number of hydrogen-bond acceptors (Lipinski definition) is 4. The number of hydrogen-bond donors (Lipinski definition) is 2. The molecular formula is C16H25N2O3+. The fourth-order valence-corrected chi connectivity index (χ4v) is 2.54. The zero-order valence-corrected chi connectivity index (χ0v) is 13.1. The Morgan fingerprint density at radius 2 is 2.10 bits per heavy atom. The fourth-order valence-electron chi connectivity index (χ4n) is 2.54. The summed E-state index contributed by atoms with van der Waals surface area (Å²) in [6.07, 6.45) is 1.72. The summed E-state index contributed by atoms with van der Waals surface area (Å²) in [4.78, 5) is 6.04. The van der Waals surface area contributed by atoms with Gasteiger partial charge in [0.15, 0.2) is 0 Å². The molecule has 2 rings (SSSR count). The van der Waals surface area contributed by atoms with E-state index >= 15 is 0 Å². The summed E-state index contributed by atoms with van der Waals surface area (Å²) < 4.78 is 10.6. The summed E-state index contributed by atoms with van der Waals surface area (Å²) in [6.45, 7) is 8.82. The van der Waals surface area contributed by atoms with Crippen LogP contribution in [-0.2, 0) is 4.74 Å². The van der Waals surface area contributed by atoms with Crippen molar-refractivity contribution in [1.82, 2.24) is 0 Å². The largest absolute Gasteiger partial charge is 0.507 e. The van der Waals surface area contributed by atoms with Gasteiger partial charge in [-0.2, -0.15) is 0 Å². The number of rotatable bonds is 5. The minimum absolute atomic E-state index is 0.0643. The summed E-state index contributed by atoms with van der Waals surface area (Å²) in [5.74, 6) is 0.934. The molecule has 0 spiro atoms. The van der Waals surface area contributed by atoms with E-state index in [-0.39, 0.29) is 11.3 Å². The van der Waals surface area contributed by atoms with Gasteiger partial charge in [-0.15, -0.1) is 0 Å². The van der Waals surface area contributed by atoms with Crippen LogP contribution in [0.1, 0.15) is 19.4 Å². The number of nitrogens with one attached hydrogen (secondary N) is 1.